The lowest BCUT2D eigenvalue weighted by atomic mass is 9.83. The number of allylic oxidation sites excluding steroid dienone is 2. The van der Waals surface area contributed by atoms with Crippen LogP contribution in [0.5, 0.6) is 5.88 Å². The van der Waals surface area contributed by atoms with Gasteiger partial charge in [-0.1, -0.05) is 55.3 Å². The first-order valence-electron chi connectivity index (χ1n) is 8.03. The molecule has 1 aromatic carbocycles. The largest absolute Gasteiger partial charge is 0.420 e. The third-order valence-electron chi connectivity index (χ3n) is 4.17. The Hall–Kier alpha value is -3.00. The highest BCUT2D eigenvalue weighted by Gasteiger charge is 2.34. The van der Waals surface area contributed by atoms with E-state index in [1.54, 1.807) is 0 Å². The van der Waals surface area contributed by atoms with E-state index in [0.29, 0.717) is 11.5 Å². The number of H-pyrrole nitrogens is 1. The Balaban J connectivity index is 2.12. The Morgan fingerprint density at radius 3 is 2.83 bits per heavy atom. The van der Waals surface area contributed by atoms with Gasteiger partial charge in [0.25, 0.3) is 0 Å². The lowest BCUT2D eigenvalue weighted by Crippen LogP contribution is -2.21. The molecule has 1 aromatic heterocycles. The van der Waals surface area contributed by atoms with Crippen LogP contribution in [0.2, 0.25) is 0 Å². The van der Waals surface area contributed by atoms with Gasteiger partial charge in [-0.2, -0.15) is 5.26 Å². The second kappa shape index (κ2) is 6.63. The van der Waals surface area contributed by atoms with Crippen LogP contribution >= 0.6 is 0 Å². The molecule has 0 unspecified atom stereocenters. The minimum absolute atomic E-state index is 0.130. The number of nitrogens with zero attached hydrogens (tertiary/aromatic N) is 2. The van der Waals surface area contributed by atoms with Crippen molar-refractivity contribution in [1.29, 1.82) is 5.26 Å². The molecule has 3 N–H and O–H groups in total. The molecule has 1 aliphatic heterocycles. The van der Waals surface area contributed by atoms with Gasteiger partial charge in [-0.3, -0.25) is 5.10 Å². The number of aromatic amines is 1. The van der Waals surface area contributed by atoms with Crippen molar-refractivity contribution in [3.05, 3.63) is 64.2 Å². The molecule has 2 aromatic rings. The van der Waals surface area contributed by atoms with Gasteiger partial charge in [0, 0.05) is 11.3 Å². The highest BCUT2D eigenvalue weighted by molar-refractivity contribution is 5.61. The fourth-order valence-corrected chi connectivity index (χ4v) is 3.10. The number of aryl methyl sites for hydroxylation is 1. The summed E-state index contributed by atoms with van der Waals surface area (Å²) in [5.74, 6) is 0.366. The summed E-state index contributed by atoms with van der Waals surface area (Å²) in [6.45, 7) is 4.12. The van der Waals surface area contributed by atoms with Crippen molar-refractivity contribution in [3.8, 4) is 11.9 Å². The standard InChI is InChI=1S/C19H20N4O/c1-3-7-15-17-16(12(2)10-13-8-5-4-6-9-13)14(11-20)18(21)24-19(17)23-22-15/h4-6,8-10,16H,3,7,21H2,1-2H3,(H,22,23)/b12-10+/t16-/m0/s1. The smallest absolute Gasteiger partial charge is 0.244 e. The molecule has 0 radical (unpaired) electrons. The van der Waals surface area contributed by atoms with Crippen molar-refractivity contribution < 1.29 is 4.74 Å². The highest BCUT2D eigenvalue weighted by atomic mass is 16.5. The number of nitrogens with two attached hydrogens (primary N) is 1. The van der Waals surface area contributed by atoms with E-state index in [1.807, 2.05) is 37.3 Å². The molecule has 0 saturated heterocycles. The summed E-state index contributed by atoms with van der Waals surface area (Å²) in [5.41, 5.74) is 10.4. The summed E-state index contributed by atoms with van der Waals surface area (Å²) in [6, 6.07) is 12.2. The van der Waals surface area contributed by atoms with E-state index >= 15 is 0 Å². The van der Waals surface area contributed by atoms with Gasteiger partial charge in [-0.05, 0) is 18.9 Å². The lowest BCUT2D eigenvalue weighted by molar-refractivity contribution is 0.378. The van der Waals surface area contributed by atoms with Crippen LogP contribution in [0, 0.1) is 11.3 Å². The third-order valence-corrected chi connectivity index (χ3v) is 4.17. The van der Waals surface area contributed by atoms with E-state index in [9.17, 15) is 5.26 Å². The maximum absolute atomic E-state index is 9.60. The molecule has 0 amide bonds. The fraction of sp³-hybridized carbons (Fsp3) is 0.263. The van der Waals surface area contributed by atoms with Crippen molar-refractivity contribution in [1.82, 2.24) is 10.2 Å². The Kier molecular flexibility index (Phi) is 4.39. The van der Waals surface area contributed by atoms with Crippen LogP contribution in [0.4, 0.5) is 0 Å². The second-order valence-corrected chi connectivity index (χ2v) is 5.89. The molecule has 1 aliphatic rings. The van der Waals surface area contributed by atoms with Crippen molar-refractivity contribution in [2.45, 2.75) is 32.6 Å². The van der Waals surface area contributed by atoms with Gasteiger partial charge in [-0.25, -0.2) is 0 Å². The molecule has 0 spiro atoms. The van der Waals surface area contributed by atoms with Crippen LogP contribution in [0.15, 0.2) is 47.4 Å². The van der Waals surface area contributed by atoms with E-state index in [2.05, 4.69) is 29.3 Å². The molecule has 1 atom stereocenters. The summed E-state index contributed by atoms with van der Waals surface area (Å²) in [4.78, 5) is 0. The highest BCUT2D eigenvalue weighted by Crippen LogP contribution is 2.43. The zero-order valence-corrected chi connectivity index (χ0v) is 13.8. The van der Waals surface area contributed by atoms with E-state index < -0.39 is 0 Å². The number of fused-ring (bicyclic) bond motifs is 1. The number of rotatable bonds is 4. The second-order valence-electron chi connectivity index (χ2n) is 5.89. The summed E-state index contributed by atoms with van der Waals surface area (Å²) in [6.07, 6.45) is 3.90. The van der Waals surface area contributed by atoms with Crippen LogP contribution in [0.3, 0.4) is 0 Å². The Labute approximate surface area is 141 Å². The predicted molar refractivity (Wildman–Crippen MR) is 92.9 cm³/mol. The first-order valence-corrected chi connectivity index (χ1v) is 8.03. The number of hydrogen-bond acceptors (Lipinski definition) is 4. The van der Waals surface area contributed by atoms with Crippen LogP contribution in [-0.2, 0) is 6.42 Å². The van der Waals surface area contributed by atoms with Crippen LogP contribution in [0.25, 0.3) is 6.08 Å². The van der Waals surface area contributed by atoms with Gasteiger partial charge < -0.3 is 10.5 Å². The number of nitrogens with one attached hydrogen (secondary N) is 1. The maximum Gasteiger partial charge on any atom is 0.244 e. The minimum atomic E-state index is -0.237. The molecule has 2 heterocycles. The molecule has 0 aliphatic carbocycles. The molecule has 0 fully saturated rings. The average molecular weight is 320 g/mol. The lowest BCUT2D eigenvalue weighted by Gasteiger charge is -2.24. The summed E-state index contributed by atoms with van der Waals surface area (Å²) < 4.78 is 5.56. The summed E-state index contributed by atoms with van der Waals surface area (Å²) >= 11 is 0. The van der Waals surface area contributed by atoms with Crippen LogP contribution in [-0.4, -0.2) is 10.2 Å². The number of ether oxygens (including phenoxy) is 1. The maximum atomic E-state index is 9.60. The molecule has 5 nitrogen and oxygen atoms in total. The minimum Gasteiger partial charge on any atom is -0.420 e. The van der Waals surface area contributed by atoms with E-state index in [0.717, 1.165) is 35.2 Å². The summed E-state index contributed by atoms with van der Waals surface area (Å²) in [7, 11) is 0. The quantitative estimate of drug-likeness (QED) is 0.900. The molecule has 122 valence electrons. The van der Waals surface area contributed by atoms with Crippen molar-refractivity contribution in [3.63, 3.8) is 0 Å². The number of nitriles is 1. The Morgan fingerprint density at radius 2 is 2.17 bits per heavy atom. The predicted octanol–water partition coefficient (Wildman–Crippen LogP) is 3.64. The van der Waals surface area contributed by atoms with Crippen molar-refractivity contribution in [2.24, 2.45) is 5.73 Å². The van der Waals surface area contributed by atoms with Gasteiger partial charge in [0.05, 0.1) is 5.92 Å². The van der Waals surface area contributed by atoms with E-state index in [4.69, 9.17) is 10.5 Å². The van der Waals surface area contributed by atoms with Crippen LogP contribution < -0.4 is 10.5 Å². The van der Waals surface area contributed by atoms with Crippen molar-refractivity contribution >= 4 is 6.08 Å². The van der Waals surface area contributed by atoms with Gasteiger partial charge in [0.15, 0.2) is 0 Å². The number of hydrogen-bond donors (Lipinski definition) is 2. The van der Waals surface area contributed by atoms with Gasteiger partial charge in [0.2, 0.25) is 11.8 Å². The molecule has 0 saturated carbocycles. The topological polar surface area (TPSA) is 87.7 Å². The van der Waals surface area contributed by atoms with Crippen LogP contribution in [0.1, 0.15) is 43.0 Å². The SMILES string of the molecule is CCCc1[nH]nc2c1[C@@H](/C(C)=C/c1ccccc1)C(C#N)=C(N)O2. The van der Waals surface area contributed by atoms with E-state index in [-0.39, 0.29) is 11.8 Å². The van der Waals surface area contributed by atoms with Gasteiger partial charge in [-0.15, -0.1) is 5.10 Å². The Morgan fingerprint density at radius 1 is 1.42 bits per heavy atom. The molecule has 3 rings (SSSR count). The molecule has 24 heavy (non-hydrogen) atoms. The zero-order valence-electron chi connectivity index (χ0n) is 13.8. The number of benzene rings is 1. The zero-order chi connectivity index (χ0) is 17.1. The molecular formula is C19H20N4O. The summed E-state index contributed by atoms with van der Waals surface area (Å²) in [5, 5.41) is 16.9. The third kappa shape index (κ3) is 2.79. The number of aromatic nitrogens is 2. The molecule has 5 heteroatoms. The molecular weight excluding hydrogens is 300 g/mol. The first-order chi connectivity index (χ1) is 11.7. The van der Waals surface area contributed by atoms with Gasteiger partial charge in [0.1, 0.15) is 11.6 Å². The monoisotopic (exact) mass is 320 g/mol. The van der Waals surface area contributed by atoms with Crippen molar-refractivity contribution in [2.75, 3.05) is 0 Å². The van der Waals surface area contributed by atoms with Gasteiger partial charge >= 0.3 is 0 Å². The molecule has 0 bridgehead atoms. The normalized spacial score (nSPS) is 17.2. The Bertz CT molecular complexity index is 840. The fourth-order valence-electron chi connectivity index (χ4n) is 3.10. The van der Waals surface area contributed by atoms with E-state index in [1.165, 1.54) is 0 Å². The first kappa shape index (κ1) is 15.9. The average Bonchev–Trinajstić information content (AvgIpc) is 2.97.